The van der Waals surface area contributed by atoms with Crippen molar-refractivity contribution < 1.29 is 9.90 Å². The van der Waals surface area contributed by atoms with Crippen molar-refractivity contribution in [2.75, 3.05) is 5.32 Å². The zero-order chi connectivity index (χ0) is 14.8. The fraction of sp³-hybridized carbons (Fsp3) is 0.250. The normalized spacial score (nSPS) is 20.1. The predicted octanol–water partition coefficient (Wildman–Crippen LogP) is 3.08. The molecule has 0 aliphatic heterocycles. The summed E-state index contributed by atoms with van der Waals surface area (Å²) in [7, 11) is 0. The molecular weight excluding hydrogens is 332 g/mol. The van der Waals surface area contributed by atoms with Gasteiger partial charge in [-0.05, 0) is 36.1 Å². The van der Waals surface area contributed by atoms with E-state index >= 15 is 0 Å². The smallest absolute Gasteiger partial charge is 0.228 e. The lowest BCUT2D eigenvalue weighted by Crippen LogP contribution is -2.16. The average Bonchev–Trinajstić information content (AvgIpc) is 3.29. The van der Waals surface area contributed by atoms with E-state index in [9.17, 15) is 9.90 Å². The molecule has 1 aromatic carbocycles. The molecule has 2 atom stereocenters. The molecule has 2 unspecified atom stereocenters. The Morgan fingerprint density at radius 3 is 2.81 bits per heavy atom. The van der Waals surface area contributed by atoms with Crippen LogP contribution in [-0.4, -0.2) is 16.0 Å². The van der Waals surface area contributed by atoms with Crippen LogP contribution in [0.4, 0.5) is 5.69 Å². The predicted molar refractivity (Wildman–Crippen MR) is 83.8 cm³/mol. The quantitative estimate of drug-likeness (QED) is 0.894. The molecule has 1 aliphatic rings. The third-order valence-electron chi connectivity index (χ3n) is 3.76. The van der Waals surface area contributed by atoms with Gasteiger partial charge in [-0.3, -0.25) is 9.78 Å². The van der Waals surface area contributed by atoms with E-state index in [1.54, 1.807) is 18.5 Å². The van der Waals surface area contributed by atoms with Gasteiger partial charge in [0, 0.05) is 22.2 Å². The van der Waals surface area contributed by atoms with Gasteiger partial charge in [0.2, 0.25) is 5.91 Å². The number of carbonyl (C=O) groups excluding carboxylic acids is 1. The summed E-state index contributed by atoms with van der Waals surface area (Å²) in [5.41, 5.74) is 2.46. The molecule has 0 radical (unpaired) electrons. The highest BCUT2D eigenvalue weighted by Crippen LogP contribution is 2.48. The van der Waals surface area contributed by atoms with Gasteiger partial charge >= 0.3 is 0 Å². The van der Waals surface area contributed by atoms with Crippen molar-refractivity contribution >= 4 is 27.5 Å². The number of nitrogens with zero attached hydrogens (tertiary/aromatic N) is 1. The minimum absolute atomic E-state index is 0.00192. The highest BCUT2D eigenvalue weighted by Gasteiger charge is 2.43. The van der Waals surface area contributed by atoms with Gasteiger partial charge in [-0.25, -0.2) is 0 Å². The van der Waals surface area contributed by atoms with E-state index < -0.39 is 0 Å². The van der Waals surface area contributed by atoms with Crippen LogP contribution in [0.2, 0.25) is 0 Å². The molecule has 1 aromatic heterocycles. The van der Waals surface area contributed by atoms with Crippen LogP contribution in [0.25, 0.3) is 0 Å². The summed E-state index contributed by atoms with van der Waals surface area (Å²) in [5, 5.41) is 12.1. The SMILES string of the molecule is O=C(Nc1cnccc1CO)C1CC1c1ccc(Br)cc1. The summed E-state index contributed by atoms with van der Waals surface area (Å²) in [6.45, 7) is -0.112. The van der Waals surface area contributed by atoms with Crippen molar-refractivity contribution in [2.24, 2.45) is 5.92 Å². The largest absolute Gasteiger partial charge is 0.392 e. The molecule has 1 saturated carbocycles. The van der Waals surface area contributed by atoms with Crippen LogP contribution < -0.4 is 5.32 Å². The van der Waals surface area contributed by atoms with Gasteiger partial charge in [0.05, 0.1) is 18.5 Å². The van der Waals surface area contributed by atoms with E-state index in [4.69, 9.17) is 0 Å². The number of aliphatic hydroxyl groups is 1. The number of nitrogens with one attached hydrogen (secondary N) is 1. The summed E-state index contributed by atoms with van der Waals surface area (Å²) in [6.07, 6.45) is 4.03. The summed E-state index contributed by atoms with van der Waals surface area (Å²) in [6, 6.07) is 9.78. The number of pyridine rings is 1. The molecule has 1 amide bonds. The Balaban J connectivity index is 1.66. The number of aliphatic hydroxyl groups excluding tert-OH is 1. The molecule has 4 nitrogen and oxygen atoms in total. The van der Waals surface area contributed by atoms with Crippen molar-refractivity contribution in [3.05, 3.63) is 58.3 Å². The first-order valence-electron chi connectivity index (χ1n) is 6.79. The Morgan fingerprint density at radius 1 is 1.33 bits per heavy atom. The number of rotatable bonds is 4. The van der Waals surface area contributed by atoms with Crippen molar-refractivity contribution in [3.8, 4) is 0 Å². The lowest BCUT2D eigenvalue weighted by Gasteiger charge is -2.08. The first kappa shape index (κ1) is 14.2. The minimum atomic E-state index is -0.112. The highest BCUT2D eigenvalue weighted by molar-refractivity contribution is 9.10. The maximum Gasteiger partial charge on any atom is 0.228 e. The van der Waals surface area contributed by atoms with Gasteiger partial charge in [-0.2, -0.15) is 0 Å². The number of hydrogen-bond donors (Lipinski definition) is 2. The second-order valence-corrected chi connectivity index (χ2v) is 6.10. The van der Waals surface area contributed by atoms with Crippen LogP contribution in [0.15, 0.2) is 47.2 Å². The van der Waals surface area contributed by atoms with Crippen molar-refractivity contribution in [2.45, 2.75) is 18.9 Å². The number of hydrogen-bond acceptors (Lipinski definition) is 3. The molecule has 0 saturated heterocycles. The molecule has 1 fully saturated rings. The van der Waals surface area contributed by atoms with E-state index in [0.717, 1.165) is 10.9 Å². The average molecular weight is 347 g/mol. The van der Waals surface area contributed by atoms with Crippen LogP contribution in [0.5, 0.6) is 0 Å². The molecule has 1 aliphatic carbocycles. The first-order chi connectivity index (χ1) is 10.2. The lowest BCUT2D eigenvalue weighted by molar-refractivity contribution is -0.117. The molecule has 0 spiro atoms. The molecule has 108 valence electrons. The fourth-order valence-electron chi connectivity index (χ4n) is 2.46. The van der Waals surface area contributed by atoms with Crippen molar-refractivity contribution in [1.82, 2.24) is 4.98 Å². The number of amides is 1. The topological polar surface area (TPSA) is 62.2 Å². The van der Waals surface area contributed by atoms with E-state index in [0.29, 0.717) is 11.3 Å². The maximum absolute atomic E-state index is 12.3. The Bertz CT molecular complexity index is 658. The van der Waals surface area contributed by atoms with E-state index in [1.807, 2.05) is 24.3 Å². The summed E-state index contributed by atoms with van der Waals surface area (Å²) < 4.78 is 1.04. The monoisotopic (exact) mass is 346 g/mol. The Morgan fingerprint density at radius 2 is 2.10 bits per heavy atom. The minimum Gasteiger partial charge on any atom is -0.392 e. The summed E-state index contributed by atoms with van der Waals surface area (Å²) in [4.78, 5) is 16.2. The van der Waals surface area contributed by atoms with E-state index in [1.165, 1.54) is 5.56 Å². The first-order valence-corrected chi connectivity index (χ1v) is 7.58. The Labute approximate surface area is 131 Å². The molecular formula is C16H15BrN2O2. The third-order valence-corrected chi connectivity index (χ3v) is 4.29. The molecule has 2 N–H and O–H groups in total. The van der Waals surface area contributed by atoms with Gasteiger partial charge in [-0.15, -0.1) is 0 Å². The van der Waals surface area contributed by atoms with E-state index in [2.05, 4.69) is 26.2 Å². The lowest BCUT2D eigenvalue weighted by atomic mass is 10.1. The van der Waals surface area contributed by atoms with Crippen molar-refractivity contribution in [3.63, 3.8) is 0 Å². The summed E-state index contributed by atoms with van der Waals surface area (Å²) >= 11 is 3.41. The number of halogens is 1. The fourth-order valence-corrected chi connectivity index (χ4v) is 2.73. The number of carbonyl (C=O) groups is 1. The second-order valence-electron chi connectivity index (χ2n) is 5.18. The third kappa shape index (κ3) is 3.14. The van der Waals surface area contributed by atoms with Gasteiger partial charge in [0.1, 0.15) is 0 Å². The van der Waals surface area contributed by atoms with Crippen LogP contribution in [0, 0.1) is 5.92 Å². The zero-order valence-electron chi connectivity index (χ0n) is 11.3. The van der Waals surface area contributed by atoms with Crippen LogP contribution in [-0.2, 0) is 11.4 Å². The Hall–Kier alpha value is -1.72. The van der Waals surface area contributed by atoms with E-state index in [-0.39, 0.29) is 24.3 Å². The second kappa shape index (κ2) is 5.95. The van der Waals surface area contributed by atoms with Crippen LogP contribution in [0.1, 0.15) is 23.5 Å². The van der Waals surface area contributed by atoms with Gasteiger partial charge in [0.25, 0.3) is 0 Å². The molecule has 5 heteroatoms. The highest BCUT2D eigenvalue weighted by atomic mass is 79.9. The maximum atomic E-state index is 12.3. The van der Waals surface area contributed by atoms with Gasteiger partial charge in [-0.1, -0.05) is 28.1 Å². The van der Waals surface area contributed by atoms with Crippen LogP contribution in [0.3, 0.4) is 0 Å². The standard InChI is InChI=1S/C16H15BrN2O2/c17-12-3-1-10(2-4-12)13-7-14(13)16(21)19-15-8-18-6-5-11(15)9-20/h1-6,8,13-14,20H,7,9H2,(H,19,21). The number of aromatic nitrogens is 1. The van der Waals surface area contributed by atoms with Gasteiger partial charge < -0.3 is 10.4 Å². The molecule has 0 bridgehead atoms. The summed E-state index contributed by atoms with van der Waals surface area (Å²) in [5.74, 6) is 0.274. The van der Waals surface area contributed by atoms with Gasteiger partial charge in [0.15, 0.2) is 0 Å². The molecule has 2 aromatic rings. The molecule has 3 rings (SSSR count). The number of benzene rings is 1. The van der Waals surface area contributed by atoms with Crippen molar-refractivity contribution in [1.29, 1.82) is 0 Å². The zero-order valence-corrected chi connectivity index (χ0v) is 12.9. The van der Waals surface area contributed by atoms with Crippen LogP contribution >= 0.6 is 15.9 Å². The number of anilines is 1. The molecule has 21 heavy (non-hydrogen) atoms. The Kier molecular flexibility index (Phi) is 4.03. The molecule has 1 heterocycles.